The Hall–Kier alpha value is -3.68. The molecule has 38 heavy (non-hydrogen) atoms. The molecule has 3 aromatic carbocycles. The summed E-state index contributed by atoms with van der Waals surface area (Å²) in [5.41, 5.74) is 11.0. The van der Waals surface area contributed by atoms with Crippen LogP contribution in [0.4, 0.5) is 4.39 Å². The zero-order valence-corrected chi connectivity index (χ0v) is 21.4. The molecule has 1 atom stereocenters. The molecule has 0 spiro atoms. The number of carboxylic acid groups (broad SMARTS) is 1. The van der Waals surface area contributed by atoms with E-state index in [-0.39, 0.29) is 18.8 Å². The summed E-state index contributed by atoms with van der Waals surface area (Å²) in [6, 6.07) is 16.0. The lowest BCUT2D eigenvalue weighted by Crippen LogP contribution is -2.17. The summed E-state index contributed by atoms with van der Waals surface area (Å²) in [4.78, 5) is 11.3. The van der Waals surface area contributed by atoms with Crippen molar-refractivity contribution in [2.75, 3.05) is 13.2 Å². The Balaban J connectivity index is 1.54. The van der Waals surface area contributed by atoms with Gasteiger partial charge in [-0.1, -0.05) is 36.4 Å². The average Bonchev–Trinajstić information content (AvgIpc) is 3.31. The molecule has 6 nitrogen and oxygen atoms in total. The quantitative estimate of drug-likeness (QED) is 0.266. The summed E-state index contributed by atoms with van der Waals surface area (Å²) in [5.74, 6) is -0.273. The molecule has 1 aliphatic heterocycles. The van der Waals surface area contributed by atoms with Gasteiger partial charge in [0.25, 0.3) is 0 Å². The molecule has 1 aliphatic rings. The fourth-order valence-electron chi connectivity index (χ4n) is 5.17. The molecule has 0 aliphatic carbocycles. The van der Waals surface area contributed by atoms with Crippen molar-refractivity contribution in [1.82, 2.24) is 0 Å². The van der Waals surface area contributed by atoms with Crippen LogP contribution in [0.15, 0.2) is 65.3 Å². The first-order valence-electron chi connectivity index (χ1n) is 13.0. The highest BCUT2D eigenvalue weighted by Gasteiger charge is 2.21. The van der Waals surface area contributed by atoms with Gasteiger partial charge in [0.05, 0.1) is 12.7 Å². The lowest BCUT2D eigenvalue weighted by Gasteiger charge is -2.22. The van der Waals surface area contributed by atoms with Crippen LogP contribution in [0.2, 0.25) is 0 Å². The van der Waals surface area contributed by atoms with Crippen molar-refractivity contribution < 1.29 is 28.2 Å². The van der Waals surface area contributed by atoms with E-state index in [1.807, 2.05) is 24.3 Å². The second kappa shape index (κ2) is 11.4. The van der Waals surface area contributed by atoms with E-state index in [1.54, 1.807) is 43.5 Å². The Kier molecular flexibility index (Phi) is 7.77. The van der Waals surface area contributed by atoms with E-state index in [0.29, 0.717) is 28.4 Å². The molecule has 1 saturated heterocycles. The normalized spacial score (nSPS) is 15.0. The summed E-state index contributed by atoms with van der Waals surface area (Å²) < 4.78 is 33.2. The minimum absolute atomic E-state index is 0.128. The molecule has 0 saturated carbocycles. The van der Waals surface area contributed by atoms with Gasteiger partial charge < -0.3 is 24.7 Å². The summed E-state index contributed by atoms with van der Waals surface area (Å²) >= 11 is 0. The van der Waals surface area contributed by atoms with Gasteiger partial charge >= 0.3 is 5.97 Å². The third kappa shape index (κ3) is 5.59. The van der Waals surface area contributed by atoms with Gasteiger partial charge in [-0.2, -0.15) is 0 Å². The van der Waals surface area contributed by atoms with E-state index in [2.05, 4.69) is 0 Å². The van der Waals surface area contributed by atoms with Crippen LogP contribution in [-0.2, 0) is 29.0 Å². The fourth-order valence-corrected chi connectivity index (χ4v) is 5.17. The third-order valence-corrected chi connectivity index (χ3v) is 7.21. The summed E-state index contributed by atoms with van der Waals surface area (Å²) in [7, 11) is 0. The number of aliphatic carboxylic acids is 1. The largest absolute Gasteiger partial charge is 0.488 e. The number of furan rings is 1. The van der Waals surface area contributed by atoms with E-state index < -0.39 is 12.0 Å². The van der Waals surface area contributed by atoms with Crippen molar-refractivity contribution in [2.45, 2.75) is 45.3 Å². The molecular weight excluding hydrogens is 485 g/mol. The lowest BCUT2D eigenvalue weighted by atomic mass is 9.89. The van der Waals surface area contributed by atoms with E-state index >= 15 is 4.39 Å². The molecule has 1 aromatic heterocycles. The first kappa shape index (κ1) is 25.9. The van der Waals surface area contributed by atoms with E-state index in [4.69, 9.17) is 19.6 Å². The Labute approximate surface area is 221 Å². The van der Waals surface area contributed by atoms with Gasteiger partial charge in [-0.05, 0) is 61.4 Å². The molecule has 0 unspecified atom stereocenters. The molecule has 0 radical (unpaired) electrons. The van der Waals surface area contributed by atoms with Crippen LogP contribution in [0.3, 0.4) is 0 Å². The van der Waals surface area contributed by atoms with Crippen LogP contribution in [0.25, 0.3) is 22.1 Å². The van der Waals surface area contributed by atoms with Crippen LogP contribution in [0.1, 0.15) is 48.1 Å². The third-order valence-electron chi connectivity index (χ3n) is 7.21. The number of nitrogens with two attached hydrogens (primary N) is 1. The zero-order valence-electron chi connectivity index (χ0n) is 21.4. The van der Waals surface area contributed by atoms with E-state index in [1.165, 1.54) is 0 Å². The minimum Gasteiger partial charge on any atom is -0.488 e. The minimum atomic E-state index is -0.923. The van der Waals surface area contributed by atoms with Gasteiger partial charge in [0.2, 0.25) is 0 Å². The van der Waals surface area contributed by atoms with Crippen LogP contribution in [0.5, 0.6) is 5.75 Å². The van der Waals surface area contributed by atoms with Crippen molar-refractivity contribution in [2.24, 2.45) is 11.7 Å². The van der Waals surface area contributed by atoms with E-state index in [9.17, 15) is 9.90 Å². The number of fused-ring (bicyclic) bond motifs is 1. The van der Waals surface area contributed by atoms with Crippen LogP contribution >= 0.6 is 0 Å². The number of rotatable bonds is 9. The Bertz CT molecular complexity index is 1440. The van der Waals surface area contributed by atoms with Gasteiger partial charge in [0, 0.05) is 46.9 Å². The predicted octanol–water partition coefficient (Wildman–Crippen LogP) is 6.43. The van der Waals surface area contributed by atoms with Crippen molar-refractivity contribution in [3.05, 3.63) is 88.9 Å². The number of halogens is 1. The standard InChI is InChI=1S/C31H32FNO5/c1-19(33)25-6-4-7-26(30(25)32)22-14-23(13-20-9-11-36-12-10-20)31-27(15-22)24(18-38-31)17-37-28-8-3-2-5-21(28)16-29(34)35/h2-8,14-15,18-20H,9-13,16-17,33H2,1H3,(H,34,35)/t19-/m1/s1. The van der Waals surface area contributed by atoms with Gasteiger partial charge in [-0.25, -0.2) is 4.39 Å². The molecule has 0 amide bonds. The van der Waals surface area contributed by atoms with Crippen LogP contribution in [0, 0.1) is 11.7 Å². The number of para-hydroxylation sites is 1. The van der Waals surface area contributed by atoms with Gasteiger partial charge in [-0.15, -0.1) is 0 Å². The maximum Gasteiger partial charge on any atom is 0.307 e. The Morgan fingerprint density at radius 1 is 1.11 bits per heavy atom. The Morgan fingerprint density at radius 2 is 1.89 bits per heavy atom. The summed E-state index contributed by atoms with van der Waals surface area (Å²) in [5, 5.41) is 10.1. The second-order valence-corrected chi connectivity index (χ2v) is 10.00. The lowest BCUT2D eigenvalue weighted by molar-refractivity contribution is -0.136. The topological polar surface area (TPSA) is 94.9 Å². The number of benzene rings is 3. The van der Waals surface area contributed by atoms with Crippen molar-refractivity contribution >= 4 is 16.9 Å². The van der Waals surface area contributed by atoms with Crippen molar-refractivity contribution in [3.63, 3.8) is 0 Å². The molecular formula is C31H32FNO5. The molecule has 7 heteroatoms. The molecule has 0 bridgehead atoms. The maximum atomic E-state index is 15.6. The van der Waals surface area contributed by atoms with Crippen molar-refractivity contribution in [3.8, 4) is 16.9 Å². The molecule has 198 valence electrons. The zero-order chi connectivity index (χ0) is 26.6. The Morgan fingerprint density at radius 3 is 2.66 bits per heavy atom. The smallest absolute Gasteiger partial charge is 0.307 e. The van der Waals surface area contributed by atoms with E-state index in [0.717, 1.165) is 60.1 Å². The van der Waals surface area contributed by atoms with Crippen molar-refractivity contribution in [1.29, 1.82) is 0 Å². The maximum absolute atomic E-state index is 15.6. The highest BCUT2D eigenvalue weighted by Crippen LogP contribution is 2.36. The molecule has 5 rings (SSSR count). The number of ether oxygens (including phenoxy) is 2. The molecule has 2 heterocycles. The number of hydrogen-bond donors (Lipinski definition) is 2. The fraction of sp³-hybridized carbons (Fsp3) is 0.323. The van der Waals surface area contributed by atoms with Gasteiger partial charge in [0.1, 0.15) is 23.8 Å². The highest BCUT2D eigenvalue weighted by atomic mass is 19.1. The van der Waals surface area contributed by atoms with Gasteiger partial charge in [0.15, 0.2) is 0 Å². The summed E-state index contributed by atoms with van der Waals surface area (Å²) in [6.45, 7) is 3.44. The van der Waals surface area contributed by atoms with Crippen LogP contribution < -0.4 is 10.5 Å². The highest BCUT2D eigenvalue weighted by molar-refractivity contribution is 5.89. The van der Waals surface area contributed by atoms with Gasteiger partial charge in [-0.3, -0.25) is 4.79 Å². The number of carboxylic acids is 1. The SMILES string of the molecule is C[C@@H](N)c1cccc(-c2cc(CC3CCOCC3)c3occ(COc4ccccc4CC(=O)O)c3c2)c1F. The number of carbonyl (C=O) groups is 1. The average molecular weight is 518 g/mol. The summed E-state index contributed by atoms with van der Waals surface area (Å²) in [6.07, 6.45) is 4.29. The molecule has 4 aromatic rings. The molecule has 1 fully saturated rings. The first-order valence-corrected chi connectivity index (χ1v) is 13.0. The van der Waals surface area contributed by atoms with Crippen LogP contribution in [-0.4, -0.2) is 24.3 Å². The second-order valence-electron chi connectivity index (χ2n) is 10.00. The predicted molar refractivity (Wildman–Crippen MR) is 144 cm³/mol. The monoisotopic (exact) mass is 517 g/mol. The first-order chi connectivity index (χ1) is 18.4. The number of hydrogen-bond acceptors (Lipinski definition) is 5. The molecule has 3 N–H and O–H groups in total.